The predicted molar refractivity (Wildman–Crippen MR) is 83.2 cm³/mol. The van der Waals surface area contributed by atoms with Crippen LogP contribution in [0.15, 0.2) is 48.7 Å². The summed E-state index contributed by atoms with van der Waals surface area (Å²) in [6.45, 7) is 0.568. The van der Waals surface area contributed by atoms with Crippen LogP contribution in [-0.2, 0) is 0 Å². The third-order valence-electron chi connectivity index (χ3n) is 4.02. The smallest absolute Gasteiger partial charge is 0.407 e. The molecule has 1 saturated heterocycles. The molecule has 2 aromatic rings. The van der Waals surface area contributed by atoms with Crippen molar-refractivity contribution in [3.8, 4) is 11.6 Å². The van der Waals surface area contributed by atoms with E-state index in [0.29, 0.717) is 17.0 Å². The summed E-state index contributed by atoms with van der Waals surface area (Å²) in [4.78, 5) is 12.8. The standard InChI is InChI=1S/C17H18N2O4/c20-17(21)18-11-3-1-5-15(18)13-7-9-14(10-8-13)23-16-6-2-4-12-19(16)22/h2,4,6-10,12,15H,1,3,5,11H2,(H,20,21). The first kappa shape index (κ1) is 15.1. The van der Waals surface area contributed by atoms with Crippen LogP contribution in [0.4, 0.5) is 4.79 Å². The maximum atomic E-state index is 11.6. The molecule has 0 saturated carbocycles. The topological polar surface area (TPSA) is 76.7 Å². The van der Waals surface area contributed by atoms with Crippen LogP contribution in [0.5, 0.6) is 11.6 Å². The first-order chi connectivity index (χ1) is 11.1. The van der Waals surface area contributed by atoms with Crippen LogP contribution < -0.4 is 9.47 Å². The summed E-state index contributed by atoms with van der Waals surface area (Å²) in [5.74, 6) is 0.743. The van der Waals surface area contributed by atoms with Gasteiger partial charge in [0.15, 0.2) is 6.20 Å². The van der Waals surface area contributed by atoms with Gasteiger partial charge in [0.2, 0.25) is 0 Å². The SMILES string of the molecule is O=C(O)N1CCCCC1c1ccc(Oc2cccc[n+]2[O-])cc1. The molecule has 0 radical (unpaired) electrons. The first-order valence-electron chi connectivity index (χ1n) is 7.61. The van der Waals surface area contributed by atoms with Gasteiger partial charge in [0, 0.05) is 12.6 Å². The van der Waals surface area contributed by atoms with Gasteiger partial charge in [0.1, 0.15) is 5.75 Å². The van der Waals surface area contributed by atoms with Crippen LogP contribution in [0.1, 0.15) is 30.9 Å². The normalized spacial score (nSPS) is 17.7. The Labute approximate surface area is 134 Å². The van der Waals surface area contributed by atoms with E-state index in [0.717, 1.165) is 24.8 Å². The quantitative estimate of drug-likeness (QED) is 0.696. The molecule has 2 heterocycles. The molecule has 1 atom stereocenters. The van der Waals surface area contributed by atoms with Gasteiger partial charge in [-0.3, -0.25) is 0 Å². The maximum absolute atomic E-state index is 11.6. The third kappa shape index (κ3) is 3.36. The Bertz CT molecular complexity index is 687. The zero-order valence-electron chi connectivity index (χ0n) is 12.6. The van der Waals surface area contributed by atoms with Gasteiger partial charge in [-0.1, -0.05) is 12.1 Å². The van der Waals surface area contributed by atoms with Gasteiger partial charge in [-0.2, -0.15) is 0 Å². The highest BCUT2D eigenvalue weighted by molar-refractivity contribution is 5.66. The minimum atomic E-state index is -0.883. The van der Waals surface area contributed by atoms with E-state index < -0.39 is 6.09 Å². The van der Waals surface area contributed by atoms with E-state index in [1.807, 2.05) is 12.1 Å². The second-order valence-electron chi connectivity index (χ2n) is 5.52. The number of likely N-dealkylation sites (tertiary alicyclic amines) is 1. The molecule has 0 spiro atoms. The molecular weight excluding hydrogens is 296 g/mol. The second-order valence-corrected chi connectivity index (χ2v) is 5.52. The van der Waals surface area contributed by atoms with Gasteiger partial charge in [-0.15, -0.1) is 4.73 Å². The number of rotatable bonds is 3. The summed E-state index contributed by atoms with van der Waals surface area (Å²) >= 11 is 0. The van der Waals surface area contributed by atoms with E-state index in [2.05, 4.69) is 0 Å². The van der Waals surface area contributed by atoms with E-state index in [9.17, 15) is 15.1 Å². The number of carboxylic acid groups (broad SMARTS) is 1. The minimum absolute atomic E-state index is 0.114. The highest BCUT2D eigenvalue weighted by Gasteiger charge is 2.27. The van der Waals surface area contributed by atoms with Crippen molar-refractivity contribution in [3.63, 3.8) is 0 Å². The van der Waals surface area contributed by atoms with E-state index in [-0.39, 0.29) is 11.9 Å². The fourth-order valence-corrected chi connectivity index (χ4v) is 2.88. The second kappa shape index (κ2) is 6.56. The number of nitrogens with zero attached hydrogens (tertiary/aromatic N) is 2. The van der Waals surface area contributed by atoms with Gasteiger partial charge >= 0.3 is 12.0 Å². The fourth-order valence-electron chi connectivity index (χ4n) is 2.88. The Hall–Kier alpha value is -2.76. The number of ether oxygens (including phenoxy) is 1. The summed E-state index contributed by atoms with van der Waals surface area (Å²) in [6.07, 6.45) is 3.24. The Morgan fingerprint density at radius 1 is 1.22 bits per heavy atom. The molecule has 1 N–H and O–H groups in total. The minimum Gasteiger partial charge on any atom is -0.616 e. The number of hydrogen-bond donors (Lipinski definition) is 1. The first-order valence-corrected chi connectivity index (χ1v) is 7.61. The average Bonchev–Trinajstić information content (AvgIpc) is 2.58. The van der Waals surface area contributed by atoms with Crippen molar-refractivity contribution in [1.29, 1.82) is 0 Å². The Morgan fingerprint density at radius 3 is 2.70 bits per heavy atom. The van der Waals surface area contributed by atoms with Crippen LogP contribution in [0.25, 0.3) is 0 Å². The molecule has 1 amide bonds. The van der Waals surface area contributed by atoms with E-state index in [1.54, 1.807) is 30.3 Å². The molecule has 1 aliphatic rings. The van der Waals surface area contributed by atoms with Gasteiger partial charge in [-0.25, -0.2) is 4.79 Å². The number of carbonyl (C=O) groups is 1. The summed E-state index contributed by atoms with van der Waals surface area (Å²) in [7, 11) is 0. The molecule has 1 aliphatic heterocycles. The molecular formula is C17H18N2O4. The van der Waals surface area contributed by atoms with Crippen molar-refractivity contribution in [2.75, 3.05) is 6.54 Å². The lowest BCUT2D eigenvalue weighted by molar-refractivity contribution is -0.611. The molecule has 1 fully saturated rings. The summed E-state index contributed by atoms with van der Waals surface area (Å²) in [5, 5.41) is 20.9. The van der Waals surface area contributed by atoms with E-state index in [1.165, 1.54) is 11.1 Å². The van der Waals surface area contributed by atoms with Crippen LogP contribution in [-0.4, -0.2) is 22.6 Å². The molecule has 1 aromatic heterocycles. The number of hydrogen-bond acceptors (Lipinski definition) is 3. The lowest BCUT2D eigenvalue weighted by atomic mass is 9.95. The Balaban J connectivity index is 1.76. The van der Waals surface area contributed by atoms with Gasteiger partial charge in [0.25, 0.3) is 0 Å². The molecule has 23 heavy (non-hydrogen) atoms. The summed E-state index contributed by atoms with van der Waals surface area (Å²) in [6, 6.07) is 12.1. The molecule has 1 unspecified atom stereocenters. The Morgan fingerprint density at radius 2 is 2.00 bits per heavy atom. The number of benzene rings is 1. The van der Waals surface area contributed by atoms with Crippen LogP contribution in [0, 0.1) is 5.21 Å². The van der Waals surface area contributed by atoms with Crippen molar-refractivity contribution in [2.45, 2.75) is 25.3 Å². The summed E-state index contributed by atoms with van der Waals surface area (Å²) in [5.41, 5.74) is 0.947. The van der Waals surface area contributed by atoms with Crippen molar-refractivity contribution >= 4 is 6.09 Å². The Kier molecular flexibility index (Phi) is 4.32. The van der Waals surface area contributed by atoms with E-state index >= 15 is 0 Å². The number of aromatic nitrogens is 1. The number of pyridine rings is 1. The molecule has 0 aliphatic carbocycles. The lowest BCUT2D eigenvalue weighted by Gasteiger charge is -2.33. The van der Waals surface area contributed by atoms with Crippen LogP contribution in [0.2, 0.25) is 0 Å². The zero-order chi connectivity index (χ0) is 16.2. The number of amides is 1. The molecule has 0 bridgehead atoms. The van der Waals surface area contributed by atoms with Crippen molar-refractivity contribution < 1.29 is 19.4 Å². The van der Waals surface area contributed by atoms with Gasteiger partial charge in [-0.05, 0) is 43.0 Å². The van der Waals surface area contributed by atoms with Crippen LogP contribution in [0.3, 0.4) is 0 Å². The third-order valence-corrected chi connectivity index (χ3v) is 4.02. The molecule has 120 valence electrons. The fraction of sp³-hybridized carbons (Fsp3) is 0.294. The van der Waals surface area contributed by atoms with Crippen molar-refractivity contribution in [3.05, 3.63) is 59.4 Å². The van der Waals surface area contributed by atoms with Crippen molar-refractivity contribution in [1.82, 2.24) is 4.90 Å². The highest BCUT2D eigenvalue weighted by Crippen LogP contribution is 2.32. The van der Waals surface area contributed by atoms with Crippen molar-refractivity contribution in [2.24, 2.45) is 0 Å². The predicted octanol–water partition coefficient (Wildman–Crippen LogP) is 3.32. The van der Waals surface area contributed by atoms with Crippen LogP contribution >= 0.6 is 0 Å². The van der Waals surface area contributed by atoms with Gasteiger partial charge < -0.3 is 20.0 Å². The average molecular weight is 314 g/mol. The zero-order valence-corrected chi connectivity index (χ0v) is 12.6. The highest BCUT2D eigenvalue weighted by atomic mass is 16.6. The molecule has 6 nitrogen and oxygen atoms in total. The van der Waals surface area contributed by atoms with Gasteiger partial charge in [0.05, 0.1) is 12.1 Å². The van der Waals surface area contributed by atoms with E-state index in [4.69, 9.17) is 4.74 Å². The monoisotopic (exact) mass is 314 g/mol. The lowest BCUT2D eigenvalue weighted by Crippen LogP contribution is -2.37. The summed E-state index contributed by atoms with van der Waals surface area (Å²) < 4.78 is 6.20. The number of piperidine rings is 1. The maximum Gasteiger partial charge on any atom is 0.407 e. The largest absolute Gasteiger partial charge is 0.616 e. The molecule has 6 heteroatoms. The molecule has 1 aromatic carbocycles. The molecule has 3 rings (SSSR count).